The topological polar surface area (TPSA) is 90.9 Å². The molecule has 2 aromatic carbocycles. The molecule has 6 heteroatoms. The number of amides is 1. The summed E-state index contributed by atoms with van der Waals surface area (Å²) in [6.45, 7) is 4.01. The SMILES string of the molecule is CCc1nc2ccc(C(N)=O)c(CC)c2nc1-c1ccc2c(=O)n(C)ccc2c1. The molecule has 0 fully saturated rings. The second-order valence-electron chi connectivity index (χ2n) is 7.08. The van der Waals surface area contributed by atoms with Gasteiger partial charge < -0.3 is 10.3 Å². The minimum atomic E-state index is -0.465. The number of carbonyl (C=O) groups is 1. The Balaban J connectivity index is 2.01. The molecule has 6 nitrogen and oxygen atoms in total. The Morgan fingerprint density at radius 3 is 2.55 bits per heavy atom. The zero-order chi connectivity index (χ0) is 20.7. The predicted molar refractivity (Wildman–Crippen MR) is 115 cm³/mol. The van der Waals surface area contributed by atoms with Crippen molar-refractivity contribution in [3.63, 3.8) is 0 Å². The minimum absolute atomic E-state index is 0.0336. The molecule has 0 bridgehead atoms. The van der Waals surface area contributed by atoms with E-state index in [1.807, 2.05) is 38.1 Å². The van der Waals surface area contributed by atoms with E-state index in [0.29, 0.717) is 29.3 Å². The Bertz CT molecular complexity index is 1340. The molecule has 0 saturated carbocycles. The number of fused-ring (bicyclic) bond motifs is 2. The predicted octanol–water partition coefficient (Wildman–Crippen LogP) is 3.37. The van der Waals surface area contributed by atoms with Gasteiger partial charge in [-0.1, -0.05) is 19.9 Å². The van der Waals surface area contributed by atoms with Crippen molar-refractivity contribution >= 4 is 27.7 Å². The van der Waals surface area contributed by atoms with Crippen LogP contribution in [-0.4, -0.2) is 20.4 Å². The number of primary amides is 1. The Morgan fingerprint density at radius 1 is 1.07 bits per heavy atom. The fraction of sp³-hybridized carbons (Fsp3) is 0.217. The van der Waals surface area contributed by atoms with Crippen LogP contribution in [0.4, 0.5) is 0 Å². The molecule has 0 aliphatic carbocycles. The van der Waals surface area contributed by atoms with Crippen LogP contribution in [0, 0.1) is 0 Å². The molecule has 2 heterocycles. The number of nitrogens with zero attached hydrogens (tertiary/aromatic N) is 3. The maximum absolute atomic E-state index is 12.4. The van der Waals surface area contributed by atoms with Crippen molar-refractivity contribution in [2.45, 2.75) is 26.7 Å². The molecule has 0 aliphatic heterocycles. The summed E-state index contributed by atoms with van der Waals surface area (Å²) in [4.78, 5) is 33.9. The van der Waals surface area contributed by atoms with Gasteiger partial charge in [0.25, 0.3) is 5.56 Å². The van der Waals surface area contributed by atoms with Gasteiger partial charge in [0.2, 0.25) is 5.91 Å². The summed E-state index contributed by atoms with van der Waals surface area (Å²) < 4.78 is 1.56. The lowest BCUT2D eigenvalue weighted by Crippen LogP contribution is -2.15. The lowest BCUT2D eigenvalue weighted by atomic mass is 10.00. The van der Waals surface area contributed by atoms with Crippen LogP contribution in [0.3, 0.4) is 0 Å². The van der Waals surface area contributed by atoms with Crippen molar-refractivity contribution in [1.29, 1.82) is 0 Å². The third kappa shape index (κ3) is 3.06. The van der Waals surface area contributed by atoms with Gasteiger partial charge in [-0.05, 0) is 54.1 Å². The Morgan fingerprint density at radius 2 is 1.86 bits per heavy atom. The standard InChI is InChI=1S/C23H22N4O2/c1-4-15-17(22(24)28)8-9-19-21(15)26-20(18(5-2)25-19)14-6-7-16-13(12-14)10-11-27(3)23(16)29/h6-12H,4-5H2,1-3H3,(H2,24,28). The number of hydrogen-bond acceptors (Lipinski definition) is 4. The molecular weight excluding hydrogens is 364 g/mol. The first-order valence-corrected chi connectivity index (χ1v) is 9.66. The molecule has 0 aliphatic rings. The van der Waals surface area contributed by atoms with Gasteiger partial charge in [-0.25, -0.2) is 9.97 Å². The van der Waals surface area contributed by atoms with E-state index in [-0.39, 0.29) is 5.56 Å². The first kappa shape index (κ1) is 18.8. The first-order valence-electron chi connectivity index (χ1n) is 9.66. The Hall–Kier alpha value is -3.54. The molecule has 0 unspecified atom stereocenters. The number of benzene rings is 2. The highest BCUT2D eigenvalue weighted by molar-refractivity contribution is 5.99. The molecule has 0 atom stereocenters. The van der Waals surface area contributed by atoms with Crippen molar-refractivity contribution in [2.75, 3.05) is 0 Å². The van der Waals surface area contributed by atoms with Gasteiger partial charge in [0.15, 0.2) is 0 Å². The summed E-state index contributed by atoms with van der Waals surface area (Å²) >= 11 is 0. The zero-order valence-electron chi connectivity index (χ0n) is 16.7. The third-order valence-electron chi connectivity index (χ3n) is 5.32. The molecule has 0 radical (unpaired) electrons. The highest BCUT2D eigenvalue weighted by Crippen LogP contribution is 2.29. The first-order chi connectivity index (χ1) is 13.9. The summed E-state index contributed by atoms with van der Waals surface area (Å²) in [6.07, 6.45) is 3.10. The van der Waals surface area contributed by atoms with E-state index >= 15 is 0 Å². The highest BCUT2D eigenvalue weighted by atomic mass is 16.1. The van der Waals surface area contributed by atoms with E-state index in [0.717, 1.165) is 33.4 Å². The maximum atomic E-state index is 12.4. The van der Waals surface area contributed by atoms with Crippen LogP contribution in [0.5, 0.6) is 0 Å². The maximum Gasteiger partial charge on any atom is 0.258 e. The number of carbonyl (C=O) groups excluding carboxylic acids is 1. The molecule has 4 aromatic rings. The minimum Gasteiger partial charge on any atom is -0.366 e. The number of nitrogens with two attached hydrogens (primary N) is 1. The van der Waals surface area contributed by atoms with E-state index in [1.54, 1.807) is 29.9 Å². The van der Waals surface area contributed by atoms with Gasteiger partial charge in [0, 0.05) is 29.8 Å². The molecule has 2 N–H and O–H groups in total. The molecule has 0 saturated heterocycles. The number of hydrogen-bond donors (Lipinski definition) is 1. The molecule has 2 aromatic heterocycles. The van der Waals surface area contributed by atoms with Crippen LogP contribution in [0.25, 0.3) is 33.1 Å². The van der Waals surface area contributed by atoms with Crippen LogP contribution >= 0.6 is 0 Å². The monoisotopic (exact) mass is 386 g/mol. The molecular formula is C23H22N4O2. The molecule has 4 rings (SSSR count). The third-order valence-corrected chi connectivity index (χ3v) is 5.32. The van der Waals surface area contributed by atoms with Crippen LogP contribution in [0.2, 0.25) is 0 Å². The van der Waals surface area contributed by atoms with Gasteiger partial charge in [-0.2, -0.15) is 0 Å². The van der Waals surface area contributed by atoms with Crippen LogP contribution in [0.1, 0.15) is 35.5 Å². The van der Waals surface area contributed by atoms with Gasteiger partial charge >= 0.3 is 0 Å². The lowest BCUT2D eigenvalue weighted by Gasteiger charge is -2.13. The number of aromatic nitrogens is 3. The fourth-order valence-corrected chi connectivity index (χ4v) is 3.77. The molecule has 1 amide bonds. The number of rotatable bonds is 4. The van der Waals surface area contributed by atoms with Crippen molar-refractivity contribution in [3.8, 4) is 11.3 Å². The molecule has 29 heavy (non-hydrogen) atoms. The number of pyridine rings is 1. The normalized spacial score (nSPS) is 11.3. The summed E-state index contributed by atoms with van der Waals surface area (Å²) in [5.41, 5.74) is 10.8. The van der Waals surface area contributed by atoms with E-state index in [9.17, 15) is 9.59 Å². The van der Waals surface area contributed by atoms with Gasteiger partial charge in [-0.3, -0.25) is 9.59 Å². The van der Waals surface area contributed by atoms with Crippen LogP contribution < -0.4 is 11.3 Å². The quantitative estimate of drug-likeness (QED) is 0.582. The van der Waals surface area contributed by atoms with Crippen molar-refractivity contribution in [2.24, 2.45) is 12.8 Å². The van der Waals surface area contributed by atoms with E-state index < -0.39 is 5.91 Å². The zero-order valence-corrected chi connectivity index (χ0v) is 16.7. The Kier molecular flexibility index (Phi) is 4.62. The van der Waals surface area contributed by atoms with Crippen molar-refractivity contribution in [1.82, 2.24) is 14.5 Å². The highest BCUT2D eigenvalue weighted by Gasteiger charge is 2.16. The number of aryl methyl sites for hydroxylation is 3. The van der Waals surface area contributed by atoms with E-state index in [1.165, 1.54) is 0 Å². The summed E-state index contributed by atoms with van der Waals surface area (Å²) in [6, 6.07) is 11.1. The largest absolute Gasteiger partial charge is 0.366 e. The fourth-order valence-electron chi connectivity index (χ4n) is 3.77. The van der Waals surface area contributed by atoms with E-state index in [4.69, 9.17) is 15.7 Å². The van der Waals surface area contributed by atoms with Gasteiger partial charge in [-0.15, -0.1) is 0 Å². The Labute approximate surface area is 168 Å². The second kappa shape index (κ2) is 7.13. The average Bonchev–Trinajstić information content (AvgIpc) is 2.74. The summed E-state index contributed by atoms with van der Waals surface area (Å²) in [7, 11) is 1.74. The van der Waals surface area contributed by atoms with Crippen molar-refractivity contribution < 1.29 is 4.79 Å². The van der Waals surface area contributed by atoms with Crippen molar-refractivity contribution in [3.05, 3.63) is 69.8 Å². The molecule has 146 valence electrons. The molecule has 0 spiro atoms. The second-order valence-corrected chi connectivity index (χ2v) is 7.08. The van der Waals surface area contributed by atoms with Gasteiger partial charge in [0.05, 0.1) is 22.4 Å². The van der Waals surface area contributed by atoms with Crippen LogP contribution in [0.15, 0.2) is 47.4 Å². The summed E-state index contributed by atoms with van der Waals surface area (Å²) in [5, 5.41) is 1.52. The summed E-state index contributed by atoms with van der Waals surface area (Å²) in [5.74, 6) is -0.465. The lowest BCUT2D eigenvalue weighted by molar-refractivity contribution is 0.0999. The average molecular weight is 386 g/mol. The van der Waals surface area contributed by atoms with Crippen LogP contribution in [-0.2, 0) is 19.9 Å². The van der Waals surface area contributed by atoms with E-state index in [2.05, 4.69) is 0 Å². The van der Waals surface area contributed by atoms with Gasteiger partial charge in [0.1, 0.15) is 0 Å². The smallest absolute Gasteiger partial charge is 0.258 e.